The molecule has 0 aliphatic heterocycles. The average molecular weight is 403 g/mol. The molecule has 3 aromatic heterocycles. The lowest BCUT2D eigenvalue weighted by molar-refractivity contribution is 0.163. The Morgan fingerprint density at radius 2 is 2.04 bits per heavy atom. The SMILES string of the molecule is CCOCCS(=O)(=O)Nc1ccc(-c2ccnc(Nc3cnn(C)c3)n2)cn1. The maximum absolute atomic E-state index is 12.0. The monoisotopic (exact) mass is 403 g/mol. The lowest BCUT2D eigenvalue weighted by atomic mass is 10.2. The Labute approximate surface area is 163 Å². The molecule has 11 heteroatoms. The van der Waals surface area contributed by atoms with Gasteiger partial charge in [0.25, 0.3) is 0 Å². The van der Waals surface area contributed by atoms with Crippen LogP contribution in [0.5, 0.6) is 0 Å². The highest BCUT2D eigenvalue weighted by molar-refractivity contribution is 7.92. The van der Waals surface area contributed by atoms with Crippen LogP contribution in [-0.4, -0.2) is 52.1 Å². The minimum absolute atomic E-state index is 0.125. The predicted molar refractivity (Wildman–Crippen MR) is 106 cm³/mol. The fourth-order valence-corrected chi connectivity index (χ4v) is 3.20. The molecule has 2 N–H and O–H groups in total. The molecule has 0 atom stereocenters. The van der Waals surface area contributed by atoms with Gasteiger partial charge in [0.15, 0.2) is 0 Å². The van der Waals surface area contributed by atoms with E-state index in [4.69, 9.17) is 4.74 Å². The number of rotatable bonds is 9. The molecular weight excluding hydrogens is 382 g/mol. The van der Waals surface area contributed by atoms with Crippen molar-refractivity contribution in [3.63, 3.8) is 0 Å². The Kier molecular flexibility index (Phi) is 6.16. The molecule has 0 bridgehead atoms. The van der Waals surface area contributed by atoms with Crippen molar-refractivity contribution in [2.45, 2.75) is 6.92 Å². The standard InChI is InChI=1S/C17H21N7O3S/c1-3-27-8-9-28(25,26)23-16-5-4-13(10-19-16)15-6-7-18-17(22-15)21-14-11-20-24(2)12-14/h4-7,10-12H,3,8-9H2,1-2H3,(H,19,23)(H,18,21,22). The summed E-state index contributed by atoms with van der Waals surface area (Å²) in [5.41, 5.74) is 2.16. The lowest BCUT2D eigenvalue weighted by Crippen LogP contribution is -2.20. The minimum atomic E-state index is -3.50. The molecule has 3 aromatic rings. The fraction of sp³-hybridized carbons (Fsp3) is 0.294. The first kappa shape index (κ1) is 19.7. The van der Waals surface area contributed by atoms with Crippen LogP contribution < -0.4 is 10.0 Å². The Bertz CT molecular complexity index is 1020. The van der Waals surface area contributed by atoms with Gasteiger partial charge in [-0.25, -0.2) is 23.4 Å². The molecule has 0 amide bonds. The summed E-state index contributed by atoms with van der Waals surface area (Å²) in [7, 11) is -1.68. The average Bonchev–Trinajstić information content (AvgIpc) is 3.07. The molecule has 0 saturated heterocycles. The Hall–Kier alpha value is -3.05. The van der Waals surface area contributed by atoms with Crippen molar-refractivity contribution in [2.75, 3.05) is 29.0 Å². The third-order valence-electron chi connectivity index (χ3n) is 3.64. The summed E-state index contributed by atoms with van der Waals surface area (Å²) in [5.74, 6) is 0.536. The van der Waals surface area contributed by atoms with E-state index in [2.05, 4.69) is 30.1 Å². The molecular formula is C17H21N7O3S. The van der Waals surface area contributed by atoms with Crippen LogP contribution in [0, 0.1) is 0 Å². The summed E-state index contributed by atoms with van der Waals surface area (Å²) in [6.07, 6.45) is 6.66. The molecule has 0 aromatic carbocycles. The van der Waals surface area contributed by atoms with E-state index in [9.17, 15) is 8.42 Å². The van der Waals surface area contributed by atoms with E-state index in [1.165, 1.54) is 0 Å². The Morgan fingerprint density at radius 1 is 1.18 bits per heavy atom. The van der Waals surface area contributed by atoms with Crippen molar-refractivity contribution in [3.05, 3.63) is 43.0 Å². The van der Waals surface area contributed by atoms with E-state index in [1.54, 1.807) is 41.5 Å². The number of hydrogen-bond acceptors (Lipinski definition) is 8. The molecule has 0 unspecified atom stereocenters. The number of nitrogens with one attached hydrogen (secondary N) is 2. The van der Waals surface area contributed by atoms with Crippen LogP contribution in [0.4, 0.5) is 17.5 Å². The first-order valence-corrected chi connectivity index (χ1v) is 10.2. The number of hydrogen-bond donors (Lipinski definition) is 2. The zero-order valence-corrected chi connectivity index (χ0v) is 16.3. The number of sulfonamides is 1. The second-order valence-corrected chi connectivity index (χ2v) is 7.69. The van der Waals surface area contributed by atoms with Gasteiger partial charge in [-0.15, -0.1) is 0 Å². The summed E-state index contributed by atoms with van der Waals surface area (Å²) in [4.78, 5) is 12.8. The van der Waals surface area contributed by atoms with Gasteiger partial charge in [-0.3, -0.25) is 9.40 Å². The van der Waals surface area contributed by atoms with Crippen LogP contribution in [0.1, 0.15) is 6.92 Å². The largest absolute Gasteiger partial charge is 0.381 e. The highest BCUT2D eigenvalue weighted by Gasteiger charge is 2.11. The summed E-state index contributed by atoms with van der Waals surface area (Å²) in [6.45, 7) is 2.42. The predicted octanol–water partition coefficient (Wildman–Crippen LogP) is 1.79. The van der Waals surface area contributed by atoms with E-state index in [0.717, 1.165) is 11.3 Å². The van der Waals surface area contributed by atoms with E-state index in [1.807, 2.05) is 20.2 Å². The van der Waals surface area contributed by atoms with Crippen LogP contribution in [-0.2, 0) is 21.8 Å². The van der Waals surface area contributed by atoms with Gasteiger partial charge in [-0.2, -0.15) is 5.10 Å². The number of nitrogens with zero attached hydrogens (tertiary/aromatic N) is 5. The second-order valence-electron chi connectivity index (χ2n) is 5.84. The maximum atomic E-state index is 12.0. The van der Waals surface area contributed by atoms with Gasteiger partial charge >= 0.3 is 0 Å². The smallest absolute Gasteiger partial charge is 0.236 e. The topological polar surface area (TPSA) is 124 Å². The van der Waals surface area contributed by atoms with Gasteiger partial charge in [0.1, 0.15) is 5.82 Å². The number of aromatic nitrogens is 5. The zero-order valence-electron chi connectivity index (χ0n) is 15.5. The third kappa shape index (κ3) is 5.47. The molecule has 0 aliphatic carbocycles. The zero-order chi connectivity index (χ0) is 20.0. The van der Waals surface area contributed by atoms with Crippen LogP contribution >= 0.6 is 0 Å². The summed E-state index contributed by atoms with van der Waals surface area (Å²) >= 11 is 0. The van der Waals surface area contributed by atoms with Gasteiger partial charge in [0.05, 0.1) is 29.9 Å². The highest BCUT2D eigenvalue weighted by Crippen LogP contribution is 2.20. The van der Waals surface area contributed by atoms with Crippen molar-refractivity contribution in [1.29, 1.82) is 0 Å². The van der Waals surface area contributed by atoms with Gasteiger partial charge in [0, 0.05) is 37.8 Å². The van der Waals surface area contributed by atoms with Crippen LogP contribution in [0.3, 0.4) is 0 Å². The van der Waals surface area contributed by atoms with Gasteiger partial charge < -0.3 is 10.1 Å². The molecule has 0 radical (unpaired) electrons. The van der Waals surface area contributed by atoms with Gasteiger partial charge in [0.2, 0.25) is 16.0 Å². The van der Waals surface area contributed by atoms with Gasteiger partial charge in [-0.1, -0.05) is 0 Å². The van der Waals surface area contributed by atoms with Gasteiger partial charge in [-0.05, 0) is 25.1 Å². The maximum Gasteiger partial charge on any atom is 0.236 e. The number of anilines is 3. The normalized spacial score (nSPS) is 11.4. The second kappa shape index (κ2) is 8.76. The molecule has 3 heterocycles. The molecule has 0 spiro atoms. The summed E-state index contributed by atoms with van der Waals surface area (Å²) in [5, 5.41) is 7.15. The van der Waals surface area contributed by atoms with Crippen LogP contribution in [0.25, 0.3) is 11.3 Å². The Morgan fingerprint density at radius 3 is 2.71 bits per heavy atom. The first-order chi connectivity index (χ1) is 13.4. The van der Waals surface area contributed by atoms with E-state index in [0.29, 0.717) is 18.2 Å². The third-order valence-corrected chi connectivity index (χ3v) is 4.86. The molecule has 0 aliphatic rings. The van der Waals surface area contributed by atoms with E-state index >= 15 is 0 Å². The highest BCUT2D eigenvalue weighted by atomic mass is 32.2. The molecule has 3 rings (SSSR count). The fourth-order valence-electron chi connectivity index (χ4n) is 2.32. The quantitative estimate of drug-likeness (QED) is 0.518. The minimum Gasteiger partial charge on any atom is -0.381 e. The first-order valence-electron chi connectivity index (χ1n) is 8.58. The van der Waals surface area contributed by atoms with Crippen molar-refractivity contribution in [3.8, 4) is 11.3 Å². The lowest BCUT2D eigenvalue weighted by Gasteiger charge is -2.08. The summed E-state index contributed by atoms with van der Waals surface area (Å²) < 4.78 is 33.1. The molecule has 0 fully saturated rings. The number of pyridine rings is 1. The molecule has 0 saturated carbocycles. The van der Waals surface area contributed by atoms with Crippen LogP contribution in [0.2, 0.25) is 0 Å². The Balaban J connectivity index is 1.68. The van der Waals surface area contributed by atoms with Crippen LogP contribution in [0.15, 0.2) is 43.0 Å². The molecule has 10 nitrogen and oxygen atoms in total. The number of aryl methyl sites for hydroxylation is 1. The van der Waals surface area contributed by atoms with Crippen molar-refractivity contribution < 1.29 is 13.2 Å². The van der Waals surface area contributed by atoms with E-state index < -0.39 is 10.0 Å². The summed E-state index contributed by atoms with van der Waals surface area (Å²) in [6, 6.07) is 5.07. The molecule has 28 heavy (non-hydrogen) atoms. The van der Waals surface area contributed by atoms with Crippen molar-refractivity contribution in [1.82, 2.24) is 24.7 Å². The van der Waals surface area contributed by atoms with Crippen molar-refractivity contribution >= 4 is 27.5 Å². The number of ether oxygens (including phenoxy) is 1. The van der Waals surface area contributed by atoms with Crippen molar-refractivity contribution in [2.24, 2.45) is 7.05 Å². The molecule has 148 valence electrons. The van der Waals surface area contributed by atoms with E-state index in [-0.39, 0.29) is 18.2 Å².